The second-order valence-electron chi connectivity index (χ2n) is 6.22. The summed E-state index contributed by atoms with van der Waals surface area (Å²) in [5, 5.41) is 4.12. The summed E-state index contributed by atoms with van der Waals surface area (Å²) in [6.07, 6.45) is 4.95. The van der Waals surface area contributed by atoms with Crippen molar-refractivity contribution >= 4 is 23.3 Å². The Hall–Kier alpha value is -2.41. The van der Waals surface area contributed by atoms with Crippen LogP contribution >= 0.6 is 12.2 Å². The monoisotopic (exact) mass is 372 g/mol. The second kappa shape index (κ2) is 8.31. The van der Waals surface area contributed by atoms with Gasteiger partial charge in [0.2, 0.25) is 0 Å². The van der Waals surface area contributed by atoms with E-state index in [9.17, 15) is 4.79 Å². The van der Waals surface area contributed by atoms with Gasteiger partial charge >= 0.3 is 5.97 Å². The lowest BCUT2D eigenvalue weighted by atomic mass is 10.0. The van der Waals surface area contributed by atoms with Crippen LogP contribution in [0.4, 0.5) is 0 Å². The van der Waals surface area contributed by atoms with Crippen molar-refractivity contribution in [2.24, 2.45) is 0 Å². The number of thiocarbonyl (C=S) groups is 1. The van der Waals surface area contributed by atoms with E-state index in [1.807, 2.05) is 18.2 Å². The average molecular weight is 372 g/mol. The number of nitrogens with zero attached hydrogens (tertiary/aromatic N) is 3. The first-order chi connectivity index (χ1) is 12.7. The minimum atomic E-state index is -0.196. The molecule has 3 heterocycles. The fourth-order valence-corrected chi connectivity index (χ4v) is 3.78. The van der Waals surface area contributed by atoms with E-state index < -0.39 is 0 Å². The summed E-state index contributed by atoms with van der Waals surface area (Å²) >= 11 is 5.62. The molecule has 0 spiro atoms. The Bertz CT molecular complexity index is 762. The molecule has 0 aliphatic carbocycles. The highest BCUT2D eigenvalue weighted by Crippen LogP contribution is 2.38. The number of methoxy groups -OCH3 is 1. The molecular formula is C19H24N4O2S. The van der Waals surface area contributed by atoms with Gasteiger partial charge in [-0.3, -0.25) is 9.78 Å². The molecule has 1 N–H and O–H groups in total. The van der Waals surface area contributed by atoms with Crippen LogP contribution in [-0.2, 0) is 16.1 Å². The van der Waals surface area contributed by atoms with Gasteiger partial charge in [0.1, 0.15) is 0 Å². The predicted molar refractivity (Wildman–Crippen MR) is 104 cm³/mol. The molecule has 6 nitrogen and oxygen atoms in total. The van der Waals surface area contributed by atoms with E-state index in [4.69, 9.17) is 17.0 Å². The topological polar surface area (TPSA) is 59.4 Å². The lowest BCUT2D eigenvalue weighted by Gasteiger charge is -2.28. The minimum absolute atomic E-state index is 0.0259. The van der Waals surface area contributed by atoms with Gasteiger partial charge in [0.15, 0.2) is 5.11 Å². The fourth-order valence-electron chi connectivity index (χ4n) is 3.45. The zero-order valence-electron chi connectivity index (χ0n) is 15.1. The number of carbonyl (C=O) groups is 1. The smallest absolute Gasteiger partial charge is 0.305 e. The van der Waals surface area contributed by atoms with E-state index in [1.54, 1.807) is 6.20 Å². The highest BCUT2D eigenvalue weighted by Gasteiger charge is 2.40. The summed E-state index contributed by atoms with van der Waals surface area (Å²) in [4.78, 5) is 18.2. The van der Waals surface area contributed by atoms with Crippen LogP contribution in [-0.4, -0.2) is 39.2 Å². The number of hydrogen-bond acceptors (Lipinski definition) is 4. The van der Waals surface area contributed by atoms with Gasteiger partial charge in [0.05, 0.1) is 24.9 Å². The van der Waals surface area contributed by atoms with Crippen molar-refractivity contribution in [3.05, 3.63) is 54.1 Å². The van der Waals surface area contributed by atoms with Crippen LogP contribution in [0.3, 0.4) is 0 Å². The van der Waals surface area contributed by atoms with E-state index in [-0.39, 0.29) is 18.1 Å². The van der Waals surface area contributed by atoms with Gasteiger partial charge in [-0.2, -0.15) is 0 Å². The molecule has 0 radical (unpaired) electrons. The van der Waals surface area contributed by atoms with E-state index in [0.29, 0.717) is 24.5 Å². The molecular weight excluding hydrogens is 348 g/mol. The maximum absolute atomic E-state index is 11.5. The third-order valence-corrected chi connectivity index (χ3v) is 5.07. The van der Waals surface area contributed by atoms with Gasteiger partial charge in [-0.05, 0) is 49.8 Å². The third-order valence-electron chi connectivity index (χ3n) is 4.71. The predicted octanol–water partition coefficient (Wildman–Crippen LogP) is 2.83. The Morgan fingerprint density at radius 1 is 1.35 bits per heavy atom. The molecule has 0 saturated carbocycles. The Labute approximate surface area is 159 Å². The maximum atomic E-state index is 11.5. The normalized spacial score (nSPS) is 19.5. The summed E-state index contributed by atoms with van der Waals surface area (Å²) in [5.74, 6) is -0.196. The quantitative estimate of drug-likeness (QED) is 0.596. The summed E-state index contributed by atoms with van der Waals surface area (Å²) < 4.78 is 6.97. The molecule has 7 heteroatoms. The number of nitrogens with one attached hydrogen (secondary N) is 1. The molecule has 26 heavy (non-hydrogen) atoms. The molecule has 3 rings (SSSR count). The van der Waals surface area contributed by atoms with Crippen molar-refractivity contribution in [2.45, 2.75) is 38.4 Å². The van der Waals surface area contributed by atoms with Crippen LogP contribution in [0, 0.1) is 0 Å². The highest BCUT2D eigenvalue weighted by atomic mass is 32.1. The molecule has 0 bridgehead atoms. The minimum Gasteiger partial charge on any atom is -0.469 e. The number of esters is 1. The second-order valence-corrected chi connectivity index (χ2v) is 6.61. The number of hydrogen-bond donors (Lipinski definition) is 1. The van der Waals surface area contributed by atoms with Crippen molar-refractivity contribution in [3.63, 3.8) is 0 Å². The fraction of sp³-hybridized carbons (Fsp3) is 0.421. The molecule has 1 aliphatic rings. The lowest BCUT2D eigenvalue weighted by Crippen LogP contribution is -2.31. The Morgan fingerprint density at radius 2 is 2.19 bits per heavy atom. The van der Waals surface area contributed by atoms with Gasteiger partial charge in [-0.25, -0.2) is 0 Å². The Balaban J connectivity index is 1.89. The van der Waals surface area contributed by atoms with Crippen LogP contribution in [0.15, 0.2) is 42.7 Å². The summed E-state index contributed by atoms with van der Waals surface area (Å²) in [5.41, 5.74) is 2.15. The Kier molecular flexibility index (Phi) is 5.88. The largest absolute Gasteiger partial charge is 0.469 e. The van der Waals surface area contributed by atoms with Gasteiger partial charge in [0, 0.05) is 37.6 Å². The number of aromatic nitrogens is 2. The number of ether oxygens (including phenoxy) is 1. The van der Waals surface area contributed by atoms with E-state index >= 15 is 0 Å². The standard InChI is InChI=1S/C19H24N4O2S/c1-3-22-12-6-9-15(22)18-17(14-8-4-5-11-20-14)21-19(26)23(18)13-7-10-16(24)25-2/h4-6,8-9,11-12,17-18H,3,7,10,13H2,1-2H3,(H,21,26)/t17-,18+/m1/s1. The number of aryl methyl sites for hydroxylation is 1. The maximum Gasteiger partial charge on any atom is 0.305 e. The molecule has 0 unspecified atom stereocenters. The van der Waals surface area contributed by atoms with E-state index in [2.05, 4.69) is 45.0 Å². The van der Waals surface area contributed by atoms with Crippen molar-refractivity contribution in [1.29, 1.82) is 0 Å². The first-order valence-corrected chi connectivity index (χ1v) is 9.26. The van der Waals surface area contributed by atoms with Crippen LogP contribution < -0.4 is 5.32 Å². The third kappa shape index (κ3) is 3.72. The molecule has 2 aromatic rings. The van der Waals surface area contributed by atoms with Crippen molar-refractivity contribution < 1.29 is 9.53 Å². The zero-order chi connectivity index (χ0) is 18.5. The van der Waals surface area contributed by atoms with E-state index in [1.165, 1.54) is 12.8 Å². The first kappa shape index (κ1) is 18.4. The zero-order valence-corrected chi connectivity index (χ0v) is 15.9. The molecule has 2 atom stereocenters. The number of pyridine rings is 1. The van der Waals surface area contributed by atoms with Gasteiger partial charge in [0.25, 0.3) is 0 Å². The number of carbonyl (C=O) groups excluding carboxylic acids is 1. The highest BCUT2D eigenvalue weighted by molar-refractivity contribution is 7.80. The SMILES string of the molecule is CCn1cccc1[C@H]1[C@@H](c2ccccn2)NC(=S)N1CCCC(=O)OC. The van der Waals surface area contributed by atoms with Crippen molar-refractivity contribution in [1.82, 2.24) is 19.8 Å². The molecule has 1 aliphatic heterocycles. The van der Waals surface area contributed by atoms with Crippen molar-refractivity contribution in [2.75, 3.05) is 13.7 Å². The molecule has 0 amide bonds. The Morgan fingerprint density at radius 3 is 2.88 bits per heavy atom. The van der Waals surface area contributed by atoms with Gasteiger partial charge in [-0.1, -0.05) is 6.07 Å². The average Bonchev–Trinajstić information content (AvgIpc) is 3.26. The first-order valence-electron chi connectivity index (χ1n) is 8.85. The van der Waals surface area contributed by atoms with Gasteiger partial charge in [-0.15, -0.1) is 0 Å². The van der Waals surface area contributed by atoms with Gasteiger partial charge < -0.3 is 19.5 Å². The molecule has 1 saturated heterocycles. The van der Waals surface area contributed by atoms with Crippen LogP contribution in [0.2, 0.25) is 0 Å². The van der Waals surface area contributed by atoms with Crippen LogP contribution in [0.25, 0.3) is 0 Å². The molecule has 2 aromatic heterocycles. The summed E-state index contributed by atoms with van der Waals surface area (Å²) in [6, 6.07) is 10.1. The lowest BCUT2D eigenvalue weighted by molar-refractivity contribution is -0.140. The van der Waals surface area contributed by atoms with Crippen molar-refractivity contribution in [3.8, 4) is 0 Å². The summed E-state index contributed by atoms with van der Waals surface area (Å²) in [7, 11) is 1.42. The molecule has 138 valence electrons. The van der Waals surface area contributed by atoms with Crippen LogP contribution in [0.5, 0.6) is 0 Å². The molecule has 1 fully saturated rings. The summed E-state index contributed by atoms with van der Waals surface area (Å²) in [6.45, 7) is 3.70. The van der Waals surface area contributed by atoms with E-state index in [0.717, 1.165) is 12.2 Å². The van der Waals surface area contributed by atoms with Crippen LogP contribution in [0.1, 0.15) is 43.2 Å². The molecule has 0 aromatic carbocycles. The number of rotatable bonds is 7.